The van der Waals surface area contributed by atoms with Crippen molar-refractivity contribution in [3.8, 4) is 56.4 Å². The van der Waals surface area contributed by atoms with Gasteiger partial charge in [-0.25, -0.2) is 15.0 Å². The third-order valence-electron chi connectivity index (χ3n) is 9.72. The summed E-state index contributed by atoms with van der Waals surface area (Å²) < 4.78 is 0. The third-order valence-corrected chi connectivity index (χ3v) is 13.3. The molecule has 0 radical (unpaired) electrons. The molecule has 1 aliphatic rings. The summed E-state index contributed by atoms with van der Waals surface area (Å²) in [6.07, 6.45) is 0. The average Bonchev–Trinajstić information content (AvgIpc) is 3.37. The number of benzene rings is 7. The number of nitrogens with zero attached hydrogens (tertiary/aromatic N) is 3. The molecule has 8 aromatic rings. The van der Waals surface area contributed by atoms with Crippen LogP contribution in [0.25, 0.3) is 78.0 Å². The van der Waals surface area contributed by atoms with E-state index in [1.165, 1.54) is 48.6 Å². The minimum atomic E-state index is -1.85. The van der Waals surface area contributed by atoms with Gasteiger partial charge in [-0.3, -0.25) is 0 Å². The first-order valence-corrected chi connectivity index (χ1v) is 19.1. The van der Waals surface area contributed by atoms with Crippen LogP contribution in [0.2, 0.25) is 13.1 Å². The maximum Gasteiger partial charge on any atom is 0.164 e. The Morgan fingerprint density at radius 3 is 1.68 bits per heavy atom. The van der Waals surface area contributed by atoms with Gasteiger partial charge in [0.15, 0.2) is 17.5 Å². The molecule has 1 aromatic heterocycles. The van der Waals surface area contributed by atoms with Crippen molar-refractivity contribution < 1.29 is 0 Å². The van der Waals surface area contributed by atoms with Gasteiger partial charge in [0.2, 0.25) is 0 Å². The summed E-state index contributed by atoms with van der Waals surface area (Å²) in [5.74, 6) is 2.02. The molecule has 0 amide bonds. The maximum absolute atomic E-state index is 5.11. The molecule has 3 nitrogen and oxygen atoms in total. The van der Waals surface area contributed by atoms with Crippen LogP contribution in [0.5, 0.6) is 0 Å². The van der Waals surface area contributed by atoms with Crippen LogP contribution in [0, 0.1) is 0 Å². The number of rotatable bonds is 4. The second-order valence-electron chi connectivity index (χ2n) is 12.9. The molecule has 0 unspecified atom stereocenters. The van der Waals surface area contributed by atoms with E-state index >= 15 is 0 Å². The van der Waals surface area contributed by atoms with E-state index in [1.54, 1.807) is 0 Å². The summed E-state index contributed by atoms with van der Waals surface area (Å²) >= 11 is 0. The molecule has 7 aromatic carbocycles. The first kappa shape index (κ1) is 27.6. The fraction of sp³-hybridized carbons (Fsp3) is 0.0465. The molecule has 0 bridgehead atoms. The van der Waals surface area contributed by atoms with E-state index < -0.39 is 8.07 Å². The van der Waals surface area contributed by atoms with E-state index in [0.29, 0.717) is 17.5 Å². The molecule has 0 aliphatic carbocycles. The Morgan fingerprint density at radius 2 is 0.915 bits per heavy atom. The molecule has 4 heteroatoms. The van der Waals surface area contributed by atoms with Crippen molar-refractivity contribution >= 4 is 40.0 Å². The zero-order valence-corrected chi connectivity index (χ0v) is 27.3. The number of hydrogen-bond donors (Lipinski definition) is 0. The van der Waals surface area contributed by atoms with E-state index in [2.05, 4.69) is 147 Å². The van der Waals surface area contributed by atoms with Gasteiger partial charge in [-0.15, -0.1) is 0 Å². The van der Waals surface area contributed by atoms with Crippen LogP contribution in [0.3, 0.4) is 0 Å². The van der Waals surface area contributed by atoms with Crippen LogP contribution in [0.1, 0.15) is 0 Å². The van der Waals surface area contributed by atoms with Gasteiger partial charge in [-0.1, -0.05) is 153 Å². The quantitative estimate of drug-likeness (QED) is 0.185. The van der Waals surface area contributed by atoms with Crippen molar-refractivity contribution in [1.29, 1.82) is 0 Å². The van der Waals surface area contributed by atoms with Gasteiger partial charge >= 0.3 is 0 Å². The summed E-state index contributed by atoms with van der Waals surface area (Å²) in [5.41, 5.74) is 7.97. The minimum Gasteiger partial charge on any atom is -0.208 e. The molecule has 0 N–H and O–H groups in total. The Labute approximate surface area is 275 Å². The molecular formula is C43H31N3Si. The maximum atomic E-state index is 5.11. The normalized spacial score (nSPS) is 13.1. The van der Waals surface area contributed by atoms with Crippen molar-refractivity contribution in [2.75, 3.05) is 0 Å². The standard InChI is InChI=1S/C43H31N3Si/c1-47(2)38-24-23-35(27-37(38)40-36-15-9-8-11-30(36)22-25-39(40)47)43-45-41(31-12-4-3-5-13-31)44-42(46-43)32-19-16-29(17-20-32)34-21-18-28-10-6-7-14-33(28)26-34/h3-27H,1-2H3. The molecule has 9 rings (SSSR count). The fourth-order valence-corrected chi connectivity index (χ4v) is 10.2. The van der Waals surface area contributed by atoms with Crippen LogP contribution < -0.4 is 10.4 Å². The molecule has 0 spiro atoms. The molecule has 0 saturated carbocycles. The van der Waals surface area contributed by atoms with E-state index in [4.69, 9.17) is 15.0 Å². The molecule has 0 fully saturated rings. The van der Waals surface area contributed by atoms with Gasteiger partial charge in [0.05, 0.1) is 0 Å². The zero-order valence-electron chi connectivity index (χ0n) is 26.3. The highest BCUT2D eigenvalue weighted by Gasteiger charge is 2.38. The van der Waals surface area contributed by atoms with E-state index in [9.17, 15) is 0 Å². The molecule has 47 heavy (non-hydrogen) atoms. The lowest BCUT2D eigenvalue weighted by Crippen LogP contribution is -2.49. The predicted octanol–water partition coefficient (Wildman–Crippen LogP) is 9.65. The van der Waals surface area contributed by atoms with Crippen LogP contribution >= 0.6 is 0 Å². The second kappa shape index (κ2) is 10.7. The summed E-state index contributed by atoms with van der Waals surface area (Å²) in [4.78, 5) is 15.2. The van der Waals surface area contributed by atoms with Gasteiger partial charge in [0, 0.05) is 16.7 Å². The van der Waals surface area contributed by atoms with Gasteiger partial charge in [-0.2, -0.15) is 0 Å². The molecule has 2 heterocycles. The number of hydrogen-bond acceptors (Lipinski definition) is 3. The average molecular weight is 618 g/mol. The number of fused-ring (bicyclic) bond motifs is 6. The molecule has 0 saturated heterocycles. The van der Waals surface area contributed by atoms with Crippen LogP contribution in [-0.2, 0) is 0 Å². The monoisotopic (exact) mass is 617 g/mol. The van der Waals surface area contributed by atoms with Crippen molar-refractivity contribution in [2.45, 2.75) is 13.1 Å². The molecular weight excluding hydrogens is 587 g/mol. The fourth-order valence-electron chi connectivity index (χ4n) is 7.19. The van der Waals surface area contributed by atoms with Crippen molar-refractivity contribution in [3.63, 3.8) is 0 Å². The van der Waals surface area contributed by atoms with E-state index in [-0.39, 0.29) is 0 Å². The highest BCUT2D eigenvalue weighted by molar-refractivity contribution is 7.04. The van der Waals surface area contributed by atoms with E-state index in [1.807, 2.05) is 18.2 Å². The lowest BCUT2D eigenvalue weighted by Gasteiger charge is -2.19. The lowest BCUT2D eigenvalue weighted by molar-refractivity contribution is 1.07. The molecule has 0 atom stereocenters. The molecule has 222 valence electrons. The van der Waals surface area contributed by atoms with Crippen LogP contribution in [-0.4, -0.2) is 23.0 Å². The Hall–Kier alpha value is -5.71. The number of aromatic nitrogens is 3. The van der Waals surface area contributed by atoms with Gasteiger partial charge < -0.3 is 0 Å². The van der Waals surface area contributed by atoms with Crippen molar-refractivity contribution in [2.24, 2.45) is 0 Å². The van der Waals surface area contributed by atoms with Gasteiger partial charge in [0.1, 0.15) is 8.07 Å². The SMILES string of the molecule is C[Si]1(C)c2ccc(-c3nc(-c4ccccc4)nc(-c4ccc(-c5ccc6ccccc6c5)cc4)n3)cc2-c2c1ccc1ccccc21. The smallest absolute Gasteiger partial charge is 0.164 e. The topological polar surface area (TPSA) is 38.7 Å². The highest BCUT2D eigenvalue weighted by Crippen LogP contribution is 2.37. The summed E-state index contributed by atoms with van der Waals surface area (Å²) in [6.45, 7) is 4.92. The van der Waals surface area contributed by atoms with E-state index in [0.717, 1.165) is 22.3 Å². The molecule has 1 aliphatic heterocycles. The first-order chi connectivity index (χ1) is 23.0. The zero-order chi connectivity index (χ0) is 31.5. The van der Waals surface area contributed by atoms with Crippen molar-refractivity contribution in [1.82, 2.24) is 15.0 Å². The largest absolute Gasteiger partial charge is 0.208 e. The Kier molecular flexibility index (Phi) is 6.27. The minimum absolute atomic E-state index is 0.667. The van der Waals surface area contributed by atoms with Gasteiger partial charge in [-0.05, 0) is 66.3 Å². The second-order valence-corrected chi connectivity index (χ2v) is 17.2. The lowest BCUT2D eigenvalue weighted by atomic mass is 9.97. The highest BCUT2D eigenvalue weighted by atomic mass is 28.3. The van der Waals surface area contributed by atoms with Crippen LogP contribution in [0.4, 0.5) is 0 Å². The first-order valence-electron chi connectivity index (χ1n) is 16.1. The Balaban J connectivity index is 1.17. The Morgan fingerprint density at radius 1 is 0.383 bits per heavy atom. The summed E-state index contributed by atoms with van der Waals surface area (Å²) in [7, 11) is -1.85. The third kappa shape index (κ3) is 4.60. The van der Waals surface area contributed by atoms with Crippen molar-refractivity contribution in [3.05, 3.63) is 152 Å². The van der Waals surface area contributed by atoms with Gasteiger partial charge in [0.25, 0.3) is 0 Å². The summed E-state index contributed by atoms with van der Waals surface area (Å²) in [6, 6.07) is 54.1. The predicted molar refractivity (Wildman–Crippen MR) is 199 cm³/mol. The van der Waals surface area contributed by atoms with Crippen LogP contribution in [0.15, 0.2) is 152 Å². The Bertz CT molecular complexity index is 2480. The summed E-state index contributed by atoms with van der Waals surface area (Å²) in [5, 5.41) is 8.03.